The van der Waals surface area contributed by atoms with Crippen LogP contribution in [0.5, 0.6) is 0 Å². The average molecular weight is 537 g/mol. The van der Waals surface area contributed by atoms with Gasteiger partial charge >= 0.3 is 11.9 Å². The summed E-state index contributed by atoms with van der Waals surface area (Å²) < 4.78 is 0. The summed E-state index contributed by atoms with van der Waals surface area (Å²) in [7, 11) is 0. The molecule has 0 aliphatic rings. The Morgan fingerprint density at radius 3 is 1.89 bits per heavy atom. The van der Waals surface area contributed by atoms with Gasteiger partial charge in [-0.05, 0) is 42.4 Å². The van der Waals surface area contributed by atoms with Crippen molar-refractivity contribution < 1.29 is 30.4 Å². The van der Waals surface area contributed by atoms with Crippen molar-refractivity contribution >= 4 is 23.7 Å². The molecular weight excluding hydrogens is 492 g/mol. The third-order valence-corrected chi connectivity index (χ3v) is 7.00. The second kappa shape index (κ2) is 21.6. The molecule has 9 N–H and O–H groups in total. The smallest absolute Gasteiger partial charge is 0.334 e. The molecule has 0 saturated carbocycles. The van der Waals surface area contributed by atoms with Gasteiger partial charge in [-0.3, -0.25) is 4.79 Å². The number of unbranched alkanes of at least 4 members (excludes halogenated alkanes) is 5. The molecule has 9 heteroatoms. The first-order valence-electron chi connectivity index (χ1n) is 12.7. The summed E-state index contributed by atoms with van der Waals surface area (Å²) in [6.45, 7) is 1.19. The van der Waals surface area contributed by atoms with Gasteiger partial charge in [-0.15, -0.1) is 11.8 Å². The number of carboxylic acid groups (broad SMARTS) is 2. The number of carbonyl (C=O) groups is 2. The molecule has 0 fully saturated rings. The van der Waals surface area contributed by atoms with Gasteiger partial charge in [0.15, 0.2) is 6.10 Å². The molecule has 0 spiro atoms. The van der Waals surface area contributed by atoms with Gasteiger partial charge in [-0.25, -0.2) is 4.79 Å². The van der Waals surface area contributed by atoms with Crippen LogP contribution in [0, 0.1) is 0 Å². The summed E-state index contributed by atoms with van der Waals surface area (Å²) in [4.78, 5) is 22.3. The van der Waals surface area contributed by atoms with E-state index in [4.69, 9.17) is 16.6 Å². The Labute approximate surface area is 224 Å². The van der Waals surface area contributed by atoms with Crippen LogP contribution < -0.4 is 11.5 Å². The third kappa shape index (κ3) is 15.4. The minimum absolute atomic E-state index is 0. The predicted molar refractivity (Wildman–Crippen MR) is 151 cm³/mol. The molecule has 37 heavy (non-hydrogen) atoms. The molecule has 0 saturated heterocycles. The number of aliphatic hydroxyl groups is 1. The Balaban J connectivity index is 0.00000241. The van der Waals surface area contributed by atoms with Crippen LogP contribution in [0.4, 0.5) is 0 Å². The molecule has 2 aromatic rings. The highest BCUT2D eigenvalue weighted by molar-refractivity contribution is 7.99. The lowest BCUT2D eigenvalue weighted by Gasteiger charge is -2.22. The SMILES string of the molecule is NCCN.O.O=C(O)CCS[C@H](c1ccccc1CCCCCCCCc1ccccc1)[C@@H](O)C(=O)O. The van der Waals surface area contributed by atoms with E-state index in [2.05, 4.69) is 24.3 Å². The fraction of sp³-hybridized carbons (Fsp3) is 0.500. The number of nitrogens with two attached hydrogens (primary N) is 2. The molecule has 0 aliphatic carbocycles. The molecule has 0 radical (unpaired) electrons. The van der Waals surface area contributed by atoms with E-state index in [0.29, 0.717) is 13.1 Å². The highest BCUT2D eigenvalue weighted by Crippen LogP contribution is 2.35. The summed E-state index contributed by atoms with van der Waals surface area (Å²) in [5.41, 5.74) is 13.0. The second-order valence-electron chi connectivity index (χ2n) is 8.60. The van der Waals surface area contributed by atoms with Crippen molar-refractivity contribution in [1.82, 2.24) is 0 Å². The fourth-order valence-electron chi connectivity index (χ4n) is 3.79. The van der Waals surface area contributed by atoms with Gasteiger partial charge in [0.1, 0.15) is 0 Å². The van der Waals surface area contributed by atoms with Crippen molar-refractivity contribution in [3.05, 3.63) is 71.3 Å². The number of hydrogen-bond acceptors (Lipinski definition) is 6. The number of aryl methyl sites for hydroxylation is 2. The van der Waals surface area contributed by atoms with Crippen LogP contribution in [0.1, 0.15) is 66.9 Å². The van der Waals surface area contributed by atoms with Gasteiger partial charge in [0.25, 0.3) is 0 Å². The normalized spacial score (nSPS) is 12.0. The molecule has 0 unspecified atom stereocenters. The summed E-state index contributed by atoms with van der Waals surface area (Å²) in [5, 5.41) is 27.8. The van der Waals surface area contributed by atoms with Crippen molar-refractivity contribution in [3.8, 4) is 0 Å². The zero-order valence-corrected chi connectivity index (χ0v) is 22.4. The molecule has 0 bridgehead atoms. The molecule has 0 amide bonds. The van der Waals surface area contributed by atoms with Gasteiger partial charge in [0.05, 0.1) is 11.7 Å². The topological polar surface area (TPSA) is 178 Å². The van der Waals surface area contributed by atoms with Gasteiger partial charge in [-0.2, -0.15) is 0 Å². The minimum Gasteiger partial charge on any atom is -0.481 e. The van der Waals surface area contributed by atoms with Crippen molar-refractivity contribution in [2.75, 3.05) is 18.8 Å². The Morgan fingerprint density at radius 1 is 0.784 bits per heavy atom. The number of hydrogen-bond donors (Lipinski definition) is 5. The highest BCUT2D eigenvalue weighted by Gasteiger charge is 2.29. The molecule has 2 rings (SSSR count). The van der Waals surface area contributed by atoms with E-state index >= 15 is 0 Å². The van der Waals surface area contributed by atoms with Gasteiger partial charge in [-0.1, -0.05) is 80.3 Å². The summed E-state index contributed by atoms with van der Waals surface area (Å²) in [6, 6.07) is 18.1. The average Bonchev–Trinajstić information content (AvgIpc) is 2.88. The summed E-state index contributed by atoms with van der Waals surface area (Å²) in [5.74, 6) is -1.97. The maximum atomic E-state index is 11.4. The van der Waals surface area contributed by atoms with Crippen LogP contribution in [0.3, 0.4) is 0 Å². The zero-order valence-electron chi connectivity index (χ0n) is 21.6. The minimum atomic E-state index is -1.57. The fourth-order valence-corrected chi connectivity index (χ4v) is 5.04. The maximum absolute atomic E-state index is 11.4. The Bertz CT molecular complexity index is 867. The first-order chi connectivity index (χ1) is 17.4. The first-order valence-corrected chi connectivity index (χ1v) is 13.7. The summed E-state index contributed by atoms with van der Waals surface area (Å²) in [6.07, 6.45) is 7.23. The lowest BCUT2D eigenvalue weighted by molar-refractivity contribution is -0.146. The van der Waals surface area contributed by atoms with Crippen LogP contribution >= 0.6 is 11.8 Å². The monoisotopic (exact) mass is 536 g/mol. The van der Waals surface area contributed by atoms with E-state index in [1.807, 2.05) is 30.3 Å². The lowest BCUT2D eigenvalue weighted by Crippen LogP contribution is -2.27. The number of thioether (sulfide) groups is 1. The van der Waals surface area contributed by atoms with Crippen molar-refractivity contribution in [1.29, 1.82) is 0 Å². The second-order valence-corrected chi connectivity index (χ2v) is 9.85. The molecule has 0 aromatic heterocycles. The molecule has 2 atom stereocenters. The Hall–Kier alpha value is -2.43. The van der Waals surface area contributed by atoms with E-state index < -0.39 is 23.3 Å². The first kappa shape index (κ1) is 34.6. The highest BCUT2D eigenvalue weighted by atomic mass is 32.2. The van der Waals surface area contributed by atoms with E-state index in [1.54, 1.807) is 0 Å². The van der Waals surface area contributed by atoms with Crippen molar-refractivity contribution in [2.24, 2.45) is 11.5 Å². The molecule has 8 nitrogen and oxygen atoms in total. The molecule has 208 valence electrons. The van der Waals surface area contributed by atoms with E-state index in [-0.39, 0.29) is 17.6 Å². The van der Waals surface area contributed by atoms with Crippen LogP contribution in [0.15, 0.2) is 54.6 Å². The number of carboxylic acids is 2. The van der Waals surface area contributed by atoms with Crippen LogP contribution in [-0.2, 0) is 22.4 Å². The van der Waals surface area contributed by atoms with Crippen LogP contribution in [0.25, 0.3) is 0 Å². The van der Waals surface area contributed by atoms with Crippen LogP contribution in [-0.4, -0.2) is 57.7 Å². The van der Waals surface area contributed by atoms with Gasteiger partial charge < -0.3 is 32.3 Å². The Kier molecular flexibility index (Phi) is 20.2. The number of benzene rings is 2. The van der Waals surface area contributed by atoms with Gasteiger partial charge in [0.2, 0.25) is 0 Å². The quantitative estimate of drug-likeness (QED) is 0.190. The molecule has 2 aromatic carbocycles. The van der Waals surface area contributed by atoms with Crippen molar-refractivity contribution in [3.63, 3.8) is 0 Å². The number of rotatable bonds is 17. The summed E-state index contributed by atoms with van der Waals surface area (Å²) >= 11 is 1.19. The molecular formula is C28H44N2O6S. The van der Waals surface area contributed by atoms with E-state index in [0.717, 1.165) is 36.8 Å². The van der Waals surface area contributed by atoms with E-state index in [1.165, 1.54) is 43.0 Å². The van der Waals surface area contributed by atoms with Crippen molar-refractivity contribution in [2.45, 2.75) is 69.1 Å². The largest absolute Gasteiger partial charge is 0.481 e. The third-order valence-electron chi connectivity index (χ3n) is 5.69. The molecule has 0 heterocycles. The predicted octanol–water partition coefficient (Wildman–Crippen LogP) is 3.59. The van der Waals surface area contributed by atoms with Gasteiger partial charge in [0, 0.05) is 18.8 Å². The lowest BCUT2D eigenvalue weighted by atomic mass is 9.96. The Morgan fingerprint density at radius 2 is 1.32 bits per heavy atom. The number of aliphatic carboxylic acids is 2. The standard InChI is InChI=1S/C26H34O5S.C2H8N2.H2O/c27-23(28)18-19-32-25(24(29)26(30)31)22-17-11-10-16-21(22)15-9-4-2-1-3-6-12-20-13-7-5-8-14-20;3-1-2-4;/h5,7-8,10-11,13-14,16-17,24-25,29H,1-4,6,9,12,15,18-19H2,(H,27,28)(H,30,31);1-4H2;1H2/t24-,25-;;/m1../s1. The molecule has 0 aliphatic heterocycles. The maximum Gasteiger partial charge on any atom is 0.334 e. The van der Waals surface area contributed by atoms with E-state index in [9.17, 15) is 19.8 Å². The number of aliphatic hydroxyl groups excluding tert-OH is 1. The van der Waals surface area contributed by atoms with Crippen LogP contribution in [0.2, 0.25) is 0 Å². The zero-order chi connectivity index (χ0) is 26.6.